The molecule has 0 saturated heterocycles. The van der Waals surface area contributed by atoms with Crippen LogP contribution in [-0.4, -0.2) is 70.9 Å². The molecule has 0 radical (unpaired) electrons. The summed E-state index contributed by atoms with van der Waals surface area (Å²) in [7, 11) is 1.24. The fourth-order valence-corrected chi connectivity index (χ4v) is 4.11. The number of aromatic nitrogens is 1. The number of ether oxygens (including phenoxy) is 2. The average molecular weight is 541 g/mol. The first kappa shape index (κ1) is 29.5. The van der Waals surface area contributed by atoms with Gasteiger partial charge in [0, 0.05) is 23.5 Å². The summed E-state index contributed by atoms with van der Waals surface area (Å²) < 4.78 is 10.4. The standard InChI is InChI=1S/C28H36N4O7/c1-16(2)12-23(31-27(36)25(34)21(29)15-39-19-10-8-18(33)9-11-19)26(35)32-24(28(37)38-3)13-17-14-30-22-7-5-4-6-20(17)22/h4-11,14,16,21,23-25,30,33-34H,12-13,15,29H2,1-3H3,(H,31,36)(H,32,35)/t21-,23+,24+,25+/m1/s1. The van der Waals surface area contributed by atoms with Crippen molar-refractivity contribution in [1.82, 2.24) is 15.6 Å². The Morgan fingerprint density at radius 1 is 1.00 bits per heavy atom. The van der Waals surface area contributed by atoms with Gasteiger partial charge in [0.1, 0.15) is 30.2 Å². The minimum atomic E-state index is -1.66. The number of esters is 1. The maximum Gasteiger partial charge on any atom is 0.328 e. The van der Waals surface area contributed by atoms with Crippen LogP contribution in [0.1, 0.15) is 25.8 Å². The van der Waals surface area contributed by atoms with E-state index in [2.05, 4.69) is 15.6 Å². The number of fused-ring (bicyclic) bond motifs is 1. The summed E-state index contributed by atoms with van der Waals surface area (Å²) in [4.78, 5) is 41.8. The number of rotatable bonds is 13. The van der Waals surface area contributed by atoms with Crippen LogP contribution in [0.2, 0.25) is 0 Å². The first-order valence-electron chi connectivity index (χ1n) is 12.7. The lowest BCUT2D eigenvalue weighted by atomic mass is 10.0. The number of aromatic hydroxyl groups is 1. The predicted octanol–water partition coefficient (Wildman–Crippen LogP) is 1.37. The van der Waals surface area contributed by atoms with Crippen LogP contribution in [-0.2, 0) is 25.5 Å². The lowest BCUT2D eigenvalue weighted by molar-refractivity contribution is -0.145. The van der Waals surface area contributed by atoms with E-state index in [0.717, 1.165) is 16.5 Å². The molecule has 0 aliphatic carbocycles. The number of carbonyl (C=O) groups is 3. The maximum atomic E-state index is 13.3. The molecular weight excluding hydrogens is 504 g/mol. The van der Waals surface area contributed by atoms with Crippen molar-refractivity contribution >= 4 is 28.7 Å². The van der Waals surface area contributed by atoms with Gasteiger partial charge >= 0.3 is 5.97 Å². The second-order valence-electron chi connectivity index (χ2n) is 9.75. The number of H-pyrrole nitrogens is 1. The highest BCUT2D eigenvalue weighted by Crippen LogP contribution is 2.20. The van der Waals surface area contributed by atoms with Crippen molar-refractivity contribution in [3.63, 3.8) is 0 Å². The Morgan fingerprint density at radius 2 is 1.67 bits per heavy atom. The Labute approximate surface area is 226 Å². The highest BCUT2D eigenvalue weighted by Gasteiger charge is 2.31. The number of hydrogen-bond donors (Lipinski definition) is 6. The van der Waals surface area contributed by atoms with Crippen molar-refractivity contribution in [1.29, 1.82) is 0 Å². The van der Waals surface area contributed by atoms with Crippen LogP contribution in [0.3, 0.4) is 0 Å². The number of amides is 2. The number of methoxy groups -OCH3 is 1. The van der Waals surface area contributed by atoms with E-state index in [9.17, 15) is 24.6 Å². The first-order chi connectivity index (χ1) is 18.6. The summed E-state index contributed by atoms with van der Waals surface area (Å²) in [5.74, 6) is -1.59. The molecule has 11 heteroatoms. The fourth-order valence-electron chi connectivity index (χ4n) is 4.11. The van der Waals surface area contributed by atoms with Crippen molar-refractivity contribution in [3.05, 3.63) is 60.3 Å². The minimum Gasteiger partial charge on any atom is -0.508 e. The van der Waals surface area contributed by atoms with Gasteiger partial charge in [0.25, 0.3) is 5.91 Å². The Balaban J connectivity index is 1.66. The van der Waals surface area contributed by atoms with E-state index < -0.39 is 42.0 Å². The summed E-state index contributed by atoms with van der Waals surface area (Å²) >= 11 is 0. The third kappa shape index (κ3) is 8.20. The number of nitrogens with one attached hydrogen (secondary N) is 3. The minimum absolute atomic E-state index is 0.00916. The van der Waals surface area contributed by atoms with Crippen LogP contribution in [0.25, 0.3) is 10.9 Å². The van der Waals surface area contributed by atoms with Crippen LogP contribution >= 0.6 is 0 Å². The predicted molar refractivity (Wildman–Crippen MR) is 145 cm³/mol. The smallest absolute Gasteiger partial charge is 0.328 e. The molecule has 0 spiro atoms. The molecule has 4 atom stereocenters. The van der Waals surface area contributed by atoms with Crippen LogP contribution in [0.15, 0.2) is 54.7 Å². The van der Waals surface area contributed by atoms with E-state index in [-0.39, 0.29) is 31.1 Å². The summed E-state index contributed by atoms with van der Waals surface area (Å²) in [6.07, 6.45) is 0.544. The number of benzene rings is 2. The molecule has 0 aliphatic rings. The number of aliphatic hydroxyl groups is 1. The van der Waals surface area contributed by atoms with Crippen molar-refractivity contribution in [2.45, 2.75) is 50.9 Å². The van der Waals surface area contributed by atoms with Gasteiger partial charge in [-0.2, -0.15) is 0 Å². The number of carbonyl (C=O) groups excluding carboxylic acids is 3. The van der Waals surface area contributed by atoms with E-state index >= 15 is 0 Å². The third-order valence-electron chi connectivity index (χ3n) is 6.19. The molecule has 3 rings (SSSR count). The summed E-state index contributed by atoms with van der Waals surface area (Å²) in [6, 6.07) is 10.4. The number of para-hydroxylation sites is 1. The SMILES string of the molecule is COC(=O)[C@H](Cc1c[nH]c2ccccc12)NC(=O)[C@H](CC(C)C)NC(=O)[C@@H](O)[C@H](N)COc1ccc(O)cc1. The zero-order valence-corrected chi connectivity index (χ0v) is 22.2. The largest absolute Gasteiger partial charge is 0.508 e. The van der Waals surface area contributed by atoms with E-state index in [0.29, 0.717) is 5.75 Å². The van der Waals surface area contributed by atoms with Gasteiger partial charge in [-0.15, -0.1) is 0 Å². The Morgan fingerprint density at radius 3 is 2.33 bits per heavy atom. The molecule has 1 aromatic heterocycles. The molecule has 0 unspecified atom stereocenters. The van der Waals surface area contributed by atoms with Gasteiger partial charge in [0.15, 0.2) is 6.10 Å². The monoisotopic (exact) mass is 540 g/mol. The van der Waals surface area contributed by atoms with Crippen molar-refractivity contribution in [2.24, 2.45) is 11.7 Å². The molecule has 11 nitrogen and oxygen atoms in total. The molecule has 1 heterocycles. The van der Waals surface area contributed by atoms with E-state index in [4.69, 9.17) is 15.2 Å². The van der Waals surface area contributed by atoms with E-state index in [1.165, 1.54) is 31.4 Å². The Kier molecular flexibility index (Phi) is 10.3. The zero-order chi connectivity index (χ0) is 28.5. The molecule has 2 amide bonds. The number of phenols is 1. The topological polar surface area (TPSA) is 176 Å². The molecule has 7 N–H and O–H groups in total. The molecule has 0 bridgehead atoms. The lowest BCUT2D eigenvalue weighted by Crippen LogP contribution is -2.57. The third-order valence-corrected chi connectivity index (χ3v) is 6.19. The summed E-state index contributed by atoms with van der Waals surface area (Å²) in [6.45, 7) is 3.57. The fraction of sp³-hybridized carbons (Fsp3) is 0.393. The van der Waals surface area contributed by atoms with Gasteiger partial charge in [-0.05, 0) is 48.2 Å². The Bertz CT molecular complexity index is 1260. The van der Waals surface area contributed by atoms with Gasteiger partial charge in [-0.3, -0.25) is 9.59 Å². The molecule has 39 heavy (non-hydrogen) atoms. The lowest BCUT2D eigenvalue weighted by Gasteiger charge is -2.25. The summed E-state index contributed by atoms with van der Waals surface area (Å²) in [5.41, 5.74) is 7.67. The van der Waals surface area contributed by atoms with Crippen LogP contribution in [0.5, 0.6) is 11.5 Å². The number of nitrogens with two attached hydrogens (primary N) is 1. The number of hydrogen-bond acceptors (Lipinski definition) is 8. The molecule has 0 fully saturated rings. The van der Waals surface area contributed by atoms with Gasteiger partial charge in [-0.25, -0.2) is 4.79 Å². The van der Waals surface area contributed by atoms with Crippen molar-refractivity contribution in [2.75, 3.05) is 13.7 Å². The van der Waals surface area contributed by atoms with Gasteiger partial charge in [0.2, 0.25) is 5.91 Å². The molecule has 210 valence electrons. The van der Waals surface area contributed by atoms with Crippen LogP contribution in [0.4, 0.5) is 0 Å². The average Bonchev–Trinajstić information content (AvgIpc) is 3.33. The zero-order valence-electron chi connectivity index (χ0n) is 22.2. The van der Waals surface area contributed by atoms with Crippen LogP contribution < -0.4 is 21.1 Å². The highest BCUT2D eigenvalue weighted by molar-refractivity contribution is 5.92. The van der Waals surface area contributed by atoms with E-state index in [1.54, 1.807) is 6.20 Å². The number of phenolic OH excluding ortho intramolecular Hbond substituents is 1. The second kappa shape index (κ2) is 13.6. The van der Waals surface area contributed by atoms with E-state index in [1.807, 2.05) is 38.1 Å². The molecular formula is C28H36N4O7. The molecule has 3 aromatic rings. The normalized spacial score (nSPS) is 14.3. The Hall–Kier alpha value is -4.09. The van der Waals surface area contributed by atoms with Gasteiger partial charge in [-0.1, -0.05) is 32.0 Å². The molecule has 0 aliphatic heterocycles. The van der Waals surface area contributed by atoms with Crippen molar-refractivity contribution in [3.8, 4) is 11.5 Å². The second-order valence-corrected chi connectivity index (χ2v) is 9.75. The van der Waals surface area contributed by atoms with Crippen LogP contribution in [0, 0.1) is 5.92 Å². The number of aromatic amines is 1. The molecule has 0 saturated carbocycles. The highest BCUT2D eigenvalue weighted by atomic mass is 16.5. The van der Waals surface area contributed by atoms with Gasteiger partial charge < -0.3 is 41.0 Å². The number of aliphatic hydroxyl groups excluding tert-OH is 1. The summed E-state index contributed by atoms with van der Waals surface area (Å²) in [5, 5.41) is 26.0. The molecule has 2 aromatic carbocycles. The first-order valence-corrected chi connectivity index (χ1v) is 12.7. The quantitative estimate of drug-likeness (QED) is 0.176. The maximum absolute atomic E-state index is 13.3. The van der Waals surface area contributed by atoms with Crippen molar-refractivity contribution < 1.29 is 34.1 Å². The van der Waals surface area contributed by atoms with Gasteiger partial charge in [0.05, 0.1) is 13.2 Å².